The van der Waals surface area contributed by atoms with Crippen molar-refractivity contribution in [2.45, 2.75) is 57.4 Å². The number of anilines is 1. The van der Waals surface area contributed by atoms with Gasteiger partial charge in [0.15, 0.2) is 0 Å². The lowest BCUT2D eigenvalue weighted by molar-refractivity contribution is -0.119. The quantitative estimate of drug-likeness (QED) is 0.545. The largest absolute Gasteiger partial charge is 0.324 e. The van der Waals surface area contributed by atoms with E-state index in [4.69, 9.17) is 0 Å². The van der Waals surface area contributed by atoms with Gasteiger partial charge in [-0.2, -0.15) is 5.10 Å². The van der Waals surface area contributed by atoms with E-state index in [1.54, 1.807) is 26.0 Å². The molecule has 0 radical (unpaired) electrons. The van der Waals surface area contributed by atoms with Crippen molar-refractivity contribution in [1.29, 1.82) is 0 Å². The molecule has 0 unspecified atom stereocenters. The normalized spacial score (nSPS) is 14.3. The van der Waals surface area contributed by atoms with E-state index < -0.39 is 16.1 Å². The fourth-order valence-electron chi connectivity index (χ4n) is 4.39. The third kappa shape index (κ3) is 4.92. The summed E-state index contributed by atoms with van der Waals surface area (Å²) in [5.41, 5.74) is 4.67. The van der Waals surface area contributed by atoms with Gasteiger partial charge in [-0.1, -0.05) is 29.8 Å². The fourth-order valence-corrected chi connectivity index (χ4v) is 5.38. The van der Waals surface area contributed by atoms with E-state index in [-0.39, 0.29) is 16.4 Å². The van der Waals surface area contributed by atoms with Gasteiger partial charge >= 0.3 is 0 Å². The van der Waals surface area contributed by atoms with Crippen LogP contribution in [0.4, 0.5) is 5.69 Å². The monoisotopic (exact) mass is 494 g/mol. The van der Waals surface area contributed by atoms with Gasteiger partial charge in [-0.25, -0.2) is 17.8 Å². The van der Waals surface area contributed by atoms with Gasteiger partial charge in [0.2, 0.25) is 15.9 Å². The van der Waals surface area contributed by atoms with Crippen LogP contribution in [0.25, 0.3) is 11.3 Å². The van der Waals surface area contributed by atoms with Crippen molar-refractivity contribution in [3.63, 3.8) is 0 Å². The molecule has 1 aliphatic carbocycles. The van der Waals surface area contributed by atoms with Crippen LogP contribution in [-0.2, 0) is 27.7 Å². The molecule has 0 saturated carbocycles. The average Bonchev–Trinajstić information content (AvgIpc) is 2.85. The highest BCUT2D eigenvalue weighted by Crippen LogP contribution is 2.31. The highest BCUT2D eigenvalue weighted by Gasteiger charge is 2.26. The number of carbonyl (C=O) groups excluding carboxylic acids is 1. The molecule has 2 N–H and O–H groups in total. The number of hydrogen-bond acceptors (Lipinski definition) is 5. The van der Waals surface area contributed by atoms with Crippen LogP contribution in [-0.4, -0.2) is 31.2 Å². The Kier molecular flexibility index (Phi) is 6.91. The van der Waals surface area contributed by atoms with Crippen molar-refractivity contribution in [3.8, 4) is 11.3 Å². The number of hydrogen-bond donors (Lipinski definition) is 2. The van der Waals surface area contributed by atoms with E-state index in [1.165, 1.54) is 11.7 Å². The molecule has 4 rings (SSSR count). The lowest BCUT2D eigenvalue weighted by Gasteiger charge is -2.23. The van der Waals surface area contributed by atoms with Crippen LogP contribution in [0.1, 0.15) is 48.1 Å². The van der Waals surface area contributed by atoms with Crippen LogP contribution in [0.5, 0.6) is 0 Å². The summed E-state index contributed by atoms with van der Waals surface area (Å²) in [5, 5.41) is 7.49. The Balaban J connectivity index is 1.81. The van der Waals surface area contributed by atoms with Crippen LogP contribution < -0.4 is 15.6 Å². The average molecular weight is 495 g/mol. The summed E-state index contributed by atoms with van der Waals surface area (Å²) in [6, 6.07) is 11.7. The molecule has 8 nitrogen and oxygen atoms in total. The highest BCUT2D eigenvalue weighted by atomic mass is 32.2. The molecule has 9 heteroatoms. The summed E-state index contributed by atoms with van der Waals surface area (Å²) in [7, 11) is -2.31. The smallest absolute Gasteiger partial charge is 0.271 e. The molecule has 0 fully saturated rings. The van der Waals surface area contributed by atoms with Crippen LogP contribution in [0.15, 0.2) is 52.2 Å². The second kappa shape index (κ2) is 9.75. The summed E-state index contributed by atoms with van der Waals surface area (Å²) >= 11 is 0. The molecule has 0 saturated heterocycles. The zero-order valence-electron chi connectivity index (χ0n) is 20.4. The van der Waals surface area contributed by atoms with E-state index >= 15 is 0 Å². The first-order valence-corrected chi connectivity index (χ1v) is 13.2. The molecule has 1 atom stereocenters. The molecule has 35 heavy (non-hydrogen) atoms. The third-order valence-electron chi connectivity index (χ3n) is 6.51. The predicted molar refractivity (Wildman–Crippen MR) is 136 cm³/mol. The van der Waals surface area contributed by atoms with Gasteiger partial charge in [-0.3, -0.25) is 9.59 Å². The van der Waals surface area contributed by atoms with Crippen molar-refractivity contribution in [1.82, 2.24) is 14.5 Å². The van der Waals surface area contributed by atoms with E-state index in [2.05, 4.69) is 15.1 Å². The second-order valence-corrected chi connectivity index (χ2v) is 10.8. The standard InChI is InChI=1S/C26H30N4O4S/c1-16-9-13-20(14-10-16)28-25(31)18(3)30-26(32)22-8-6-5-7-21(22)24(29-30)19-12-11-17(2)23(15-19)35(33,34)27-4/h9-15,18,27H,5-8H2,1-4H3,(H,28,31)/t18-/m1/s1. The Morgan fingerprint density at radius 2 is 1.69 bits per heavy atom. The minimum atomic E-state index is -3.68. The van der Waals surface area contributed by atoms with Gasteiger partial charge in [0.25, 0.3) is 5.56 Å². The first-order valence-electron chi connectivity index (χ1n) is 11.7. The number of amides is 1. The Labute approximate surface area is 205 Å². The van der Waals surface area contributed by atoms with Gasteiger partial charge in [0, 0.05) is 16.8 Å². The van der Waals surface area contributed by atoms with Crippen LogP contribution in [0, 0.1) is 13.8 Å². The number of carbonyl (C=O) groups is 1. The van der Waals surface area contributed by atoms with Gasteiger partial charge in [-0.05, 0) is 82.8 Å². The fraction of sp³-hybridized carbons (Fsp3) is 0.346. The van der Waals surface area contributed by atoms with E-state index in [0.29, 0.717) is 40.9 Å². The third-order valence-corrected chi connectivity index (χ3v) is 8.07. The number of fused-ring (bicyclic) bond motifs is 1. The number of sulfonamides is 1. The molecule has 1 aromatic heterocycles. The van der Waals surface area contributed by atoms with Crippen molar-refractivity contribution in [3.05, 3.63) is 75.1 Å². The SMILES string of the molecule is CNS(=O)(=O)c1cc(-c2nn([C@H](C)C(=O)Nc3ccc(C)cc3)c(=O)c3c2CCCC3)ccc1C. The molecule has 184 valence electrons. The van der Waals surface area contributed by atoms with Gasteiger partial charge < -0.3 is 5.32 Å². The molecule has 0 spiro atoms. The van der Waals surface area contributed by atoms with E-state index in [0.717, 1.165) is 24.0 Å². The zero-order valence-corrected chi connectivity index (χ0v) is 21.2. The van der Waals surface area contributed by atoms with Crippen LogP contribution >= 0.6 is 0 Å². The molecular formula is C26H30N4O4S. The van der Waals surface area contributed by atoms with Gasteiger partial charge in [-0.15, -0.1) is 0 Å². The molecule has 1 amide bonds. The van der Waals surface area contributed by atoms with Crippen molar-refractivity contribution < 1.29 is 13.2 Å². The minimum absolute atomic E-state index is 0.159. The zero-order chi connectivity index (χ0) is 25.3. The van der Waals surface area contributed by atoms with Crippen molar-refractivity contribution in [2.75, 3.05) is 12.4 Å². The number of rotatable bonds is 6. The summed E-state index contributed by atoms with van der Waals surface area (Å²) in [6.07, 6.45) is 3.08. The van der Waals surface area contributed by atoms with Crippen LogP contribution in [0.3, 0.4) is 0 Å². The topological polar surface area (TPSA) is 110 Å². The molecule has 1 heterocycles. The van der Waals surface area contributed by atoms with Gasteiger partial charge in [0.05, 0.1) is 10.6 Å². The maximum atomic E-state index is 13.4. The molecular weight excluding hydrogens is 464 g/mol. The number of benzene rings is 2. The molecule has 1 aliphatic rings. The number of aromatic nitrogens is 2. The summed E-state index contributed by atoms with van der Waals surface area (Å²) < 4.78 is 28.7. The van der Waals surface area contributed by atoms with Crippen molar-refractivity contribution >= 4 is 21.6 Å². The summed E-state index contributed by atoms with van der Waals surface area (Å²) in [6.45, 7) is 5.34. The Hall–Kier alpha value is -3.30. The first kappa shape index (κ1) is 24.8. The number of aryl methyl sites for hydroxylation is 2. The van der Waals surface area contributed by atoms with E-state index in [9.17, 15) is 18.0 Å². The second-order valence-electron chi connectivity index (χ2n) is 8.98. The number of nitrogens with one attached hydrogen (secondary N) is 2. The molecule has 0 aliphatic heterocycles. The maximum absolute atomic E-state index is 13.4. The minimum Gasteiger partial charge on any atom is -0.324 e. The molecule has 0 bridgehead atoms. The van der Waals surface area contributed by atoms with Gasteiger partial charge in [0.1, 0.15) is 6.04 Å². The summed E-state index contributed by atoms with van der Waals surface area (Å²) in [5.74, 6) is -0.354. The Morgan fingerprint density at radius 1 is 1.03 bits per heavy atom. The van der Waals surface area contributed by atoms with Crippen LogP contribution in [0.2, 0.25) is 0 Å². The van der Waals surface area contributed by atoms with Crippen molar-refractivity contribution in [2.24, 2.45) is 0 Å². The highest BCUT2D eigenvalue weighted by molar-refractivity contribution is 7.89. The number of nitrogens with zero attached hydrogens (tertiary/aromatic N) is 2. The molecule has 2 aromatic carbocycles. The lowest BCUT2D eigenvalue weighted by atomic mass is 9.89. The van der Waals surface area contributed by atoms with E-state index in [1.807, 2.05) is 37.3 Å². The first-order chi connectivity index (χ1) is 16.6. The molecule has 3 aromatic rings. The summed E-state index contributed by atoms with van der Waals surface area (Å²) in [4.78, 5) is 26.6. The Morgan fingerprint density at radius 3 is 2.34 bits per heavy atom. The Bertz CT molecular complexity index is 1440. The maximum Gasteiger partial charge on any atom is 0.271 e. The predicted octanol–water partition coefficient (Wildman–Crippen LogP) is 3.51. The lowest BCUT2D eigenvalue weighted by Crippen LogP contribution is -2.37.